The minimum atomic E-state index is -0.988. The van der Waals surface area contributed by atoms with E-state index in [0.717, 1.165) is 31.2 Å². The van der Waals surface area contributed by atoms with Crippen LogP contribution in [0.2, 0.25) is 0 Å². The first-order valence-corrected chi connectivity index (χ1v) is 15.8. The Bertz CT molecular complexity index is 1240. The second kappa shape index (κ2) is 15.3. The largest absolute Gasteiger partial charge is 0.494 e. The van der Waals surface area contributed by atoms with Gasteiger partial charge in [-0.15, -0.1) is 0 Å². The van der Waals surface area contributed by atoms with Crippen molar-refractivity contribution in [3.05, 3.63) is 29.3 Å². The predicted octanol–water partition coefficient (Wildman–Crippen LogP) is 5.33. The van der Waals surface area contributed by atoms with Gasteiger partial charge in [0.1, 0.15) is 29.3 Å². The van der Waals surface area contributed by atoms with Crippen LogP contribution in [0.15, 0.2) is 23.2 Å². The molecule has 0 saturated carbocycles. The van der Waals surface area contributed by atoms with Crippen LogP contribution in [0.4, 0.5) is 9.59 Å². The van der Waals surface area contributed by atoms with Gasteiger partial charge in [0.05, 0.1) is 12.7 Å². The summed E-state index contributed by atoms with van der Waals surface area (Å²) in [7, 11) is 0. The summed E-state index contributed by atoms with van der Waals surface area (Å²) >= 11 is 0. The number of rotatable bonds is 9. The molecule has 242 valence electrons. The molecule has 0 aromatic heterocycles. The number of carbonyl (C=O) groups excluding carboxylic acids is 3. The molecule has 0 aliphatic carbocycles. The van der Waals surface area contributed by atoms with Crippen molar-refractivity contribution in [2.75, 3.05) is 26.2 Å². The molecule has 2 saturated heterocycles. The van der Waals surface area contributed by atoms with Gasteiger partial charge in [0, 0.05) is 25.6 Å². The Labute approximate surface area is 262 Å². The molecular formula is C33H50N6O5. The number of piperidine rings is 1. The number of alkyl carbamates (subject to hydrolysis) is 1. The molecule has 2 aliphatic rings. The molecule has 0 radical (unpaired) electrons. The van der Waals surface area contributed by atoms with Gasteiger partial charge in [0.2, 0.25) is 0 Å². The number of aliphatic imine (C=N–C) groups is 1. The molecule has 2 aliphatic heterocycles. The molecule has 1 aromatic carbocycles. The number of aryl methyl sites for hydroxylation is 1. The third-order valence-electron chi connectivity index (χ3n) is 8.42. The number of nitriles is 1. The van der Waals surface area contributed by atoms with Crippen molar-refractivity contribution in [3.63, 3.8) is 0 Å². The van der Waals surface area contributed by atoms with E-state index in [1.165, 1.54) is 0 Å². The number of hydrogen-bond donors (Lipinski definition) is 2. The lowest BCUT2D eigenvalue weighted by molar-refractivity contribution is -0.133. The fraction of sp³-hybridized carbons (Fsp3) is 0.667. The van der Waals surface area contributed by atoms with Crippen LogP contribution in [0.25, 0.3) is 0 Å². The summed E-state index contributed by atoms with van der Waals surface area (Å²) in [6, 6.07) is 5.93. The summed E-state index contributed by atoms with van der Waals surface area (Å²) in [4.78, 5) is 46.1. The molecule has 1 aromatic rings. The highest BCUT2D eigenvalue weighted by atomic mass is 16.6. The Morgan fingerprint density at radius 1 is 1.14 bits per heavy atom. The van der Waals surface area contributed by atoms with Crippen molar-refractivity contribution in [1.29, 1.82) is 5.26 Å². The topological polar surface area (TPSA) is 150 Å². The number of amidine groups is 1. The first kappa shape index (κ1) is 34.7. The lowest BCUT2D eigenvalue weighted by Crippen LogP contribution is -2.46. The van der Waals surface area contributed by atoms with Crippen molar-refractivity contribution in [2.24, 2.45) is 28.5 Å². The normalized spacial score (nSPS) is 19.3. The molecule has 2 heterocycles. The van der Waals surface area contributed by atoms with Crippen molar-refractivity contribution in [3.8, 4) is 11.8 Å². The van der Waals surface area contributed by atoms with Gasteiger partial charge in [0.25, 0.3) is 5.91 Å². The number of urea groups is 1. The zero-order valence-electron chi connectivity index (χ0n) is 27.4. The number of nitrogens with one attached hydrogen (secondary N) is 1. The lowest BCUT2D eigenvalue weighted by Gasteiger charge is -2.34. The third kappa shape index (κ3) is 9.60. The zero-order valence-corrected chi connectivity index (χ0v) is 27.4. The van der Waals surface area contributed by atoms with E-state index in [2.05, 4.69) is 23.3 Å². The van der Waals surface area contributed by atoms with Gasteiger partial charge in [-0.1, -0.05) is 26.8 Å². The number of nitrogens with two attached hydrogens (primary N) is 1. The van der Waals surface area contributed by atoms with E-state index < -0.39 is 23.8 Å². The third-order valence-corrected chi connectivity index (χ3v) is 8.42. The molecular weight excluding hydrogens is 560 g/mol. The van der Waals surface area contributed by atoms with Crippen LogP contribution >= 0.6 is 0 Å². The quantitative estimate of drug-likeness (QED) is 0.283. The van der Waals surface area contributed by atoms with Crippen molar-refractivity contribution in [2.45, 2.75) is 98.3 Å². The van der Waals surface area contributed by atoms with E-state index in [4.69, 9.17) is 15.2 Å². The van der Waals surface area contributed by atoms with Gasteiger partial charge in [-0.2, -0.15) is 10.3 Å². The number of ether oxygens (including phenoxy) is 2. The van der Waals surface area contributed by atoms with Gasteiger partial charge >= 0.3 is 12.1 Å². The van der Waals surface area contributed by atoms with E-state index in [1.54, 1.807) is 36.6 Å². The minimum Gasteiger partial charge on any atom is -0.494 e. The van der Waals surface area contributed by atoms with Crippen LogP contribution in [0.5, 0.6) is 5.75 Å². The van der Waals surface area contributed by atoms with Crippen LogP contribution in [-0.4, -0.2) is 71.6 Å². The standard InChI is InChI=1S/C33H50N6O5/c1-21(2)29(35)37-31(41)38-16-12-24(13-17-38)22(3)14-18-43-26-10-11-27(23(4)19-26)28(36-32(42)44-33(5,6)7)30(40)39-15-8-9-25(39)20-34/h10-11,19,21-22,24-25,28H,8-9,12-18H2,1-7H3,(H,36,42)(H2,35,37,41)/t22-,25+,28?/m1/s1. The first-order chi connectivity index (χ1) is 20.7. The molecule has 4 amide bonds. The monoisotopic (exact) mass is 610 g/mol. The number of nitrogens with zero attached hydrogens (tertiary/aromatic N) is 4. The van der Waals surface area contributed by atoms with E-state index in [9.17, 15) is 19.6 Å². The molecule has 1 unspecified atom stereocenters. The SMILES string of the molecule is Cc1cc(OCC[C@@H](C)C2CCN(C(=O)N=C(N)C(C)C)CC2)ccc1C(NC(=O)OC(C)(C)C)C(=O)N1CCC[C@H]1C#N. The van der Waals surface area contributed by atoms with Crippen molar-refractivity contribution in [1.82, 2.24) is 15.1 Å². The highest BCUT2D eigenvalue weighted by Crippen LogP contribution is 2.30. The maximum atomic E-state index is 13.6. The maximum absolute atomic E-state index is 13.6. The number of benzene rings is 1. The number of likely N-dealkylation sites (tertiary alicyclic amines) is 2. The Morgan fingerprint density at radius 3 is 2.41 bits per heavy atom. The van der Waals surface area contributed by atoms with Crippen LogP contribution in [0.1, 0.15) is 90.8 Å². The average Bonchev–Trinajstić information content (AvgIpc) is 3.44. The van der Waals surface area contributed by atoms with Gasteiger partial charge in [0.15, 0.2) is 0 Å². The zero-order chi connectivity index (χ0) is 32.6. The molecule has 3 atom stereocenters. The maximum Gasteiger partial charge on any atom is 0.408 e. The Morgan fingerprint density at radius 2 is 1.82 bits per heavy atom. The summed E-state index contributed by atoms with van der Waals surface area (Å²) in [5, 5.41) is 12.3. The Balaban J connectivity index is 1.59. The van der Waals surface area contributed by atoms with E-state index >= 15 is 0 Å². The Hall–Kier alpha value is -3.81. The Kier molecular flexibility index (Phi) is 12.0. The van der Waals surface area contributed by atoms with Crippen LogP contribution in [-0.2, 0) is 9.53 Å². The van der Waals surface area contributed by atoms with E-state index in [1.807, 2.05) is 32.9 Å². The second-order valence-corrected chi connectivity index (χ2v) is 13.3. The average molecular weight is 611 g/mol. The molecule has 11 nitrogen and oxygen atoms in total. The van der Waals surface area contributed by atoms with E-state index in [0.29, 0.717) is 61.6 Å². The summed E-state index contributed by atoms with van der Waals surface area (Å²) in [5.41, 5.74) is 6.55. The number of carbonyl (C=O) groups is 3. The summed E-state index contributed by atoms with van der Waals surface area (Å²) in [5.74, 6) is 1.68. The lowest BCUT2D eigenvalue weighted by atomic mass is 9.84. The molecule has 0 bridgehead atoms. The number of amides is 4. The number of hydrogen-bond acceptors (Lipinski definition) is 6. The molecule has 3 rings (SSSR count). The van der Waals surface area contributed by atoms with Crippen molar-refractivity contribution < 1.29 is 23.9 Å². The van der Waals surface area contributed by atoms with Gasteiger partial charge in [-0.25, -0.2) is 9.59 Å². The molecule has 44 heavy (non-hydrogen) atoms. The fourth-order valence-electron chi connectivity index (χ4n) is 5.66. The van der Waals surface area contributed by atoms with Gasteiger partial charge < -0.3 is 30.3 Å². The van der Waals surface area contributed by atoms with Crippen LogP contribution < -0.4 is 15.8 Å². The van der Waals surface area contributed by atoms with Gasteiger partial charge in [-0.3, -0.25) is 4.79 Å². The molecule has 2 fully saturated rings. The highest BCUT2D eigenvalue weighted by molar-refractivity contribution is 5.93. The summed E-state index contributed by atoms with van der Waals surface area (Å²) in [6.45, 7) is 15.6. The highest BCUT2D eigenvalue weighted by Gasteiger charge is 2.36. The second-order valence-electron chi connectivity index (χ2n) is 13.3. The minimum absolute atomic E-state index is 0.0430. The van der Waals surface area contributed by atoms with Gasteiger partial charge in [-0.05, 0) is 94.9 Å². The van der Waals surface area contributed by atoms with E-state index in [-0.39, 0.29) is 17.9 Å². The summed E-state index contributed by atoms with van der Waals surface area (Å²) < 4.78 is 11.5. The first-order valence-electron chi connectivity index (χ1n) is 15.8. The molecule has 0 spiro atoms. The van der Waals surface area contributed by atoms with Crippen LogP contribution in [0.3, 0.4) is 0 Å². The fourth-order valence-corrected chi connectivity index (χ4v) is 5.66. The van der Waals surface area contributed by atoms with Crippen molar-refractivity contribution >= 4 is 23.9 Å². The molecule has 11 heteroatoms. The predicted molar refractivity (Wildman–Crippen MR) is 169 cm³/mol. The summed E-state index contributed by atoms with van der Waals surface area (Å²) in [6.07, 6.45) is 3.37. The molecule has 3 N–H and O–H groups in total. The van der Waals surface area contributed by atoms with Crippen LogP contribution in [0, 0.1) is 36.0 Å². The smallest absolute Gasteiger partial charge is 0.408 e.